The second-order valence-electron chi connectivity index (χ2n) is 12.1. The molecular weight excluding hydrogens is 796 g/mol. The molecule has 2 fully saturated rings. The van der Waals surface area contributed by atoms with Crippen LogP contribution in [-0.4, -0.2) is 87.5 Å². The number of piperidine rings is 2. The number of thiophene rings is 2. The second kappa shape index (κ2) is 17.9. The smallest absolute Gasteiger partial charge is 0.397 e. The number of anilines is 3. The van der Waals surface area contributed by atoms with Crippen molar-refractivity contribution in [3.8, 4) is 5.88 Å². The number of amides is 2. The zero-order valence-electron chi connectivity index (χ0n) is 29.3. The maximum Gasteiger partial charge on any atom is 0.534 e. The van der Waals surface area contributed by atoms with E-state index in [0.717, 1.165) is 81.9 Å². The minimum Gasteiger partial charge on any atom is -0.397 e. The van der Waals surface area contributed by atoms with Crippen LogP contribution < -0.4 is 42.7 Å². The molecule has 2 aliphatic heterocycles. The number of nitrogen functional groups attached to an aromatic ring is 2. The van der Waals surface area contributed by atoms with E-state index in [1.807, 2.05) is 13.3 Å². The molecule has 0 radical (unpaired) electrons. The number of fused-ring (bicyclic) bond motifs is 2. The monoisotopic (exact) mass is 837 g/mol. The molecule has 6 rings (SSSR count). The van der Waals surface area contributed by atoms with Gasteiger partial charge in [-0.1, -0.05) is 6.92 Å². The zero-order valence-corrected chi connectivity index (χ0v) is 33.4. The van der Waals surface area contributed by atoms with Crippen molar-refractivity contribution in [2.75, 3.05) is 62.1 Å². The Hall–Kier alpha value is -3.28. The highest BCUT2D eigenvalue weighted by Gasteiger charge is 2.49. The zero-order chi connectivity index (χ0) is 39.2. The average Bonchev–Trinajstić information content (AvgIpc) is 3.64. The van der Waals surface area contributed by atoms with E-state index < -0.39 is 33.3 Å². The van der Waals surface area contributed by atoms with Crippen molar-refractivity contribution in [1.82, 2.24) is 20.6 Å². The highest BCUT2D eigenvalue weighted by Crippen LogP contribution is 2.42. The average molecular weight is 838 g/mol. The van der Waals surface area contributed by atoms with Crippen LogP contribution >= 0.6 is 46.2 Å². The lowest BCUT2D eigenvalue weighted by atomic mass is 10.0. The van der Waals surface area contributed by atoms with Crippen LogP contribution in [0.15, 0.2) is 21.9 Å². The molecule has 0 bridgehead atoms. The minimum absolute atomic E-state index is 0.0274. The topological polar surface area (TPSA) is 235 Å². The minimum atomic E-state index is -5.85. The number of thioether (sulfide) groups is 2. The Bertz CT molecular complexity index is 2050. The first kappa shape index (κ1) is 42.5. The Kier molecular flexibility index (Phi) is 14.3. The maximum atomic E-state index is 12.4. The van der Waals surface area contributed by atoms with E-state index in [1.165, 1.54) is 37.3 Å². The predicted octanol–water partition coefficient (Wildman–Crippen LogP) is 4.82. The van der Waals surface area contributed by atoms with Gasteiger partial charge in [-0.25, -0.2) is 9.97 Å². The van der Waals surface area contributed by atoms with E-state index in [-0.39, 0.29) is 15.4 Å². The highest BCUT2D eigenvalue weighted by atomic mass is 32.2. The molecule has 4 aromatic heterocycles. The molecule has 0 saturated carbocycles. The Labute approximate surface area is 321 Å². The summed E-state index contributed by atoms with van der Waals surface area (Å²) in [7, 11) is -3.84. The van der Waals surface area contributed by atoms with Gasteiger partial charge in [0.2, 0.25) is 5.88 Å². The summed E-state index contributed by atoms with van der Waals surface area (Å²) in [6.07, 6.45) is 8.54. The molecule has 2 saturated heterocycles. The lowest BCUT2D eigenvalue weighted by Crippen LogP contribution is -2.41. The van der Waals surface area contributed by atoms with Gasteiger partial charge in [0.25, 0.3) is 11.8 Å². The van der Waals surface area contributed by atoms with Crippen LogP contribution in [0.2, 0.25) is 0 Å². The number of hydrogen-bond donors (Lipinski definition) is 6. The standard InChI is InChI=1S/C15H21N5OS2.C10H8F3N3O4S3.C6H13N/c1-18-8-3-5-20(6-4-8)10-7-9(22-2)11-12(16)13(14(17)21)23-15(11)19-10;1-21-3-2-4(20-23(18,19)10(11,12)13)16-9-5(3)6(14)7(22-9)8(15)17;1-6-2-4-7-5-3-6/h7-8,18H,3-6,16H2,1-2H3,(H2,17,21);2H,14H2,1H3,(H2,15,17);6-7H,2-5H2,1H3. The van der Waals surface area contributed by atoms with Gasteiger partial charge in [0.05, 0.1) is 11.4 Å². The lowest BCUT2D eigenvalue weighted by molar-refractivity contribution is -0.0501. The van der Waals surface area contributed by atoms with Crippen LogP contribution in [0.3, 0.4) is 0 Å². The van der Waals surface area contributed by atoms with Crippen LogP contribution in [0.4, 0.5) is 30.4 Å². The molecule has 10 N–H and O–H groups in total. The van der Waals surface area contributed by atoms with Crippen molar-refractivity contribution >= 4 is 106 Å². The summed E-state index contributed by atoms with van der Waals surface area (Å²) in [6.45, 7) is 6.74. The van der Waals surface area contributed by atoms with Gasteiger partial charge in [-0.15, -0.1) is 46.2 Å². The quantitative estimate of drug-likeness (QED) is 0.0794. The van der Waals surface area contributed by atoms with Gasteiger partial charge in [0.15, 0.2) is 0 Å². The molecule has 53 heavy (non-hydrogen) atoms. The molecule has 0 aromatic carbocycles. The van der Waals surface area contributed by atoms with Gasteiger partial charge in [-0.05, 0) is 70.3 Å². The van der Waals surface area contributed by atoms with Gasteiger partial charge in [0.1, 0.15) is 25.2 Å². The van der Waals surface area contributed by atoms with Crippen molar-refractivity contribution in [3.05, 3.63) is 21.9 Å². The Morgan fingerprint density at radius 1 is 0.925 bits per heavy atom. The molecule has 22 heteroatoms. The molecule has 292 valence electrons. The molecule has 2 amide bonds. The number of nitrogens with two attached hydrogens (primary N) is 4. The summed E-state index contributed by atoms with van der Waals surface area (Å²) in [4.78, 5) is 36.1. The van der Waals surface area contributed by atoms with Crippen molar-refractivity contribution < 1.29 is 35.4 Å². The fourth-order valence-electron chi connectivity index (χ4n) is 5.55. The fraction of sp³-hybridized carbons (Fsp3) is 0.484. The fourth-order valence-corrected chi connectivity index (χ4v) is 9.28. The molecule has 0 atom stereocenters. The third kappa shape index (κ3) is 10.1. The normalized spacial score (nSPS) is 15.8. The summed E-state index contributed by atoms with van der Waals surface area (Å²) in [5.41, 5.74) is 17.4. The summed E-state index contributed by atoms with van der Waals surface area (Å²) in [5.74, 6) is -0.178. The van der Waals surface area contributed by atoms with Gasteiger partial charge in [-0.3, -0.25) is 9.59 Å². The number of rotatable bonds is 8. The summed E-state index contributed by atoms with van der Waals surface area (Å²) in [6, 6.07) is 3.64. The van der Waals surface area contributed by atoms with Crippen LogP contribution in [0.1, 0.15) is 52.0 Å². The molecule has 14 nitrogen and oxygen atoms in total. The largest absolute Gasteiger partial charge is 0.534 e. The summed E-state index contributed by atoms with van der Waals surface area (Å²) in [5, 5.41) is 7.80. The first-order valence-corrected chi connectivity index (χ1v) is 21.7. The number of alkyl halides is 3. The molecular formula is C31H42F3N9O5S5. The number of carbonyl (C=O) groups is 2. The van der Waals surface area contributed by atoms with Crippen molar-refractivity contribution in [1.29, 1.82) is 0 Å². The third-order valence-corrected chi connectivity index (χ3v) is 13.2. The van der Waals surface area contributed by atoms with E-state index in [0.29, 0.717) is 26.9 Å². The first-order valence-electron chi connectivity index (χ1n) is 16.2. The van der Waals surface area contributed by atoms with Crippen LogP contribution in [0.25, 0.3) is 20.4 Å². The number of nitrogens with zero attached hydrogens (tertiary/aromatic N) is 3. The number of carbonyl (C=O) groups excluding carboxylic acids is 2. The number of primary amides is 2. The number of pyridine rings is 2. The van der Waals surface area contributed by atoms with Crippen molar-refractivity contribution in [2.24, 2.45) is 17.4 Å². The SMILES string of the molecule is CC1CCNCC1.CNC1CCN(c2cc(SC)c3c(N)c(C(N)=O)sc3n2)CC1.CSc1cc(OS(=O)(=O)C(F)(F)F)nc2sc(C(N)=O)c(N)c12. The molecule has 4 aromatic rings. The third-order valence-electron chi connectivity index (χ3n) is 8.51. The van der Waals surface area contributed by atoms with E-state index >= 15 is 0 Å². The summed E-state index contributed by atoms with van der Waals surface area (Å²) >= 11 is 4.69. The van der Waals surface area contributed by atoms with E-state index in [1.54, 1.807) is 18.0 Å². The molecule has 0 unspecified atom stereocenters. The number of hydrogen-bond acceptors (Lipinski definition) is 16. The maximum absolute atomic E-state index is 12.4. The molecule has 2 aliphatic rings. The van der Waals surface area contributed by atoms with E-state index in [4.69, 9.17) is 27.9 Å². The number of nitrogens with one attached hydrogen (secondary N) is 2. The van der Waals surface area contributed by atoms with Gasteiger partial charge in [-0.2, -0.15) is 21.6 Å². The molecule has 6 heterocycles. The second-order valence-corrected chi connectivity index (χ2v) is 17.3. The van der Waals surface area contributed by atoms with Crippen LogP contribution in [-0.2, 0) is 10.1 Å². The molecule has 0 spiro atoms. The highest BCUT2D eigenvalue weighted by molar-refractivity contribution is 7.99. The van der Waals surface area contributed by atoms with E-state index in [9.17, 15) is 31.2 Å². The van der Waals surface area contributed by atoms with Crippen LogP contribution in [0.5, 0.6) is 5.88 Å². The predicted molar refractivity (Wildman–Crippen MR) is 210 cm³/mol. The Morgan fingerprint density at radius 2 is 1.42 bits per heavy atom. The number of halogens is 3. The van der Waals surface area contributed by atoms with Crippen molar-refractivity contribution in [2.45, 2.75) is 53.9 Å². The van der Waals surface area contributed by atoms with Crippen molar-refractivity contribution in [3.63, 3.8) is 0 Å². The molecule has 0 aliphatic carbocycles. The summed E-state index contributed by atoms with van der Waals surface area (Å²) < 4.78 is 63.2. The lowest BCUT2D eigenvalue weighted by Gasteiger charge is -2.32. The van der Waals surface area contributed by atoms with Gasteiger partial charge >= 0.3 is 15.6 Å². The Morgan fingerprint density at radius 3 is 1.83 bits per heavy atom. The van der Waals surface area contributed by atoms with Gasteiger partial charge in [0, 0.05) is 45.8 Å². The van der Waals surface area contributed by atoms with E-state index in [2.05, 4.69) is 37.7 Å². The number of aromatic nitrogens is 2. The van der Waals surface area contributed by atoms with Gasteiger partial charge < -0.3 is 42.7 Å². The van der Waals surface area contributed by atoms with Crippen LogP contribution in [0, 0.1) is 5.92 Å². The first-order chi connectivity index (χ1) is 24.9. The Balaban J connectivity index is 0.000000200.